The molecular formula is C14H14ClN5. The molecule has 20 heavy (non-hydrogen) atoms. The Kier molecular flexibility index (Phi) is 3.52. The van der Waals surface area contributed by atoms with Gasteiger partial charge in [-0.3, -0.25) is 0 Å². The van der Waals surface area contributed by atoms with E-state index in [1.165, 1.54) is 0 Å². The Balaban J connectivity index is 1.96. The summed E-state index contributed by atoms with van der Waals surface area (Å²) in [7, 11) is 0. The molecule has 2 heterocycles. The Hall–Kier alpha value is -2.14. The summed E-state index contributed by atoms with van der Waals surface area (Å²) in [6.07, 6.45) is 3.35. The Morgan fingerprint density at radius 1 is 1.20 bits per heavy atom. The van der Waals surface area contributed by atoms with Crippen LogP contribution in [-0.2, 0) is 6.54 Å². The second-order valence-corrected chi connectivity index (χ2v) is 4.86. The predicted molar refractivity (Wildman–Crippen MR) is 80.0 cm³/mol. The lowest BCUT2D eigenvalue weighted by atomic mass is 10.2. The van der Waals surface area contributed by atoms with Crippen molar-refractivity contribution in [2.45, 2.75) is 13.5 Å². The van der Waals surface area contributed by atoms with E-state index >= 15 is 0 Å². The summed E-state index contributed by atoms with van der Waals surface area (Å²) < 4.78 is 1.86. The molecule has 1 N–H and O–H groups in total. The van der Waals surface area contributed by atoms with Crippen molar-refractivity contribution in [1.29, 1.82) is 0 Å². The number of anilines is 1. The number of nitrogens with zero attached hydrogens (tertiary/aromatic N) is 4. The number of fused-ring (bicyclic) bond motifs is 1. The fourth-order valence-corrected chi connectivity index (χ4v) is 2.21. The zero-order chi connectivity index (χ0) is 13.9. The molecule has 0 aliphatic rings. The molecule has 0 spiro atoms. The molecule has 2 aromatic heterocycles. The molecule has 0 aliphatic heterocycles. The molecule has 5 nitrogen and oxygen atoms in total. The lowest BCUT2D eigenvalue weighted by Crippen LogP contribution is -2.04. The van der Waals surface area contributed by atoms with Gasteiger partial charge in [-0.15, -0.1) is 0 Å². The molecule has 102 valence electrons. The van der Waals surface area contributed by atoms with Crippen LogP contribution in [0.3, 0.4) is 0 Å². The maximum absolute atomic E-state index is 5.89. The Morgan fingerprint density at radius 3 is 2.75 bits per heavy atom. The van der Waals surface area contributed by atoms with E-state index in [0.29, 0.717) is 6.54 Å². The molecular weight excluding hydrogens is 274 g/mol. The van der Waals surface area contributed by atoms with Gasteiger partial charge in [-0.25, -0.2) is 14.6 Å². The van der Waals surface area contributed by atoms with Crippen LogP contribution in [0.25, 0.3) is 11.0 Å². The SMILES string of the molecule is CCNc1ncnc2c1cnn2Cc1ccc(Cl)cc1. The van der Waals surface area contributed by atoms with Gasteiger partial charge in [-0.05, 0) is 24.6 Å². The fraction of sp³-hybridized carbons (Fsp3) is 0.214. The van der Waals surface area contributed by atoms with Crippen molar-refractivity contribution in [2.24, 2.45) is 0 Å². The summed E-state index contributed by atoms with van der Waals surface area (Å²) in [5, 5.41) is 9.28. The summed E-state index contributed by atoms with van der Waals surface area (Å²) >= 11 is 5.89. The monoisotopic (exact) mass is 287 g/mol. The molecule has 0 fully saturated rings. The average Bonchev–Trinajstić information content (AvgIpc) is 2.86. The highest BCUT2D eigenvalue weighted by atomic mass is 35.5. The molecule has 0 bridgehead atoms. The highest BCUT2D eigenvalue weighted by Crippen LogP contribution is 2.19. The lowest BCUT2D eigenvalue weighted by Gasteiger charge is -2.05. The van der Waals surface area contributed by atoms with Gasteiger partial charge < -0.3 is 5.32 Å². The molecule has 0 saturated carbocycles. The van der Waals surface area contributed by atoms with E-state index in [1.54, 1.807) is 12.5 Å². The van der Waals surface area contributed by atoms with Crippen molar-refractivity contribution in [3.05, 3.63) is 47.4 Å². The van der Waals surface area contributed by atoms with E-state index in [2.05, 4.69) is 20.4 Å². The predicted octanol–water partition coefficient (Wildman–Crippen LogP) is 2.96. The fourth-order valence-electron chi connectivity index (χ4n) is 2.08. The summed E-state index contributed by atoms with van der Waals surface area (Å²) in [6.45, 7) is 3.50. The minimum atomic E-state index is 0.656. The smallest absolute Gasteiger partial charge is 0.163 e. The average molecular weight is 288 g/mol. The van der Waals surface area contributed by atoms with Crippen LogP contribution in [0, 0.1) is 0 Å². The number of hydrogen-bond donors (Lipinski definition) is 1. The second-order valence-electron chi connectivity index (χ2n) is 4.42. The topological polar surface area (TPSA) is 55.6 Å². The normalized spacial score (nSPS) is 10.9. The van der Waals surface area contributed by atoms with Crippen LogP contribution in [0.5, 0.6) is 0 Å². The van der Waals surface area contributed by atoms with Crippen LogP contribution in [0.2, 0.25) is 5.02 Å². The number of nitrogens with one attached hydrogen (secondary N) is 1. The first kappa shape index (κ1) is 12.9. The van der Waals surface area contributed by atoms with Crippen LogP contribution in [0.1, 0.15) is 12.5 Å². The lowest BCUT2D eigenvalue weighted by molar-refractivity contribution is 0.704. The van der Waals surface area contributed by atoms with Crippen molar-refractivity contribution < 1.29 is 0 Å². The molecule has 0 radical (unpaired) electrons. The van der Waals surface area contributed by atoms with E-state index < -0.39 is 0 Å². The summed E-state index contributed by atoms with van der Waals surface area (Å²) in [5.41, 5.74) is 1.95. The molecule has 0 aliphatic carbocycles. The maximum Gasteiger partial charge on any atom is 0.163 e. The van der Waals surface area contributed by atoms with Crippen LogP contribution in [-0.4, -0.2) is 26.3 Å². The zero-order valence-electron chi connectivity index (χ0n) is 11.0. The third kappa shape index (κ3) is 2.44. The summed E-state index contributed by atoms with van der Waals surface area (Å²) in [4.78, 5) is 8.56. The molecule has 0 saturated heterocycles. The molecule has 3 rings (SSSR count). The van der Waals surface area contributed by atoms with Gasteiger partial charge >= 0.3 is 0 Å². The van der Waals surface area contributed by atoms with E-state index in [1.807, 2.05) is 35.9 Å². The van der Waals surface area contributed by atoms with Gasteiger partial charge in [0.2, 0.25) is 0 Å². The highest BCUT2D eigenvalue weighted by Gasteiger charge is 2.09. The molecule has 0 amide bonds. The van der Waals surface area contributed by atoms with Gasteiger partial charge in [0.1, 0.15) is 12.1 Å². The van der Waals surface area contributed by atoms with Crippen LogP contribution in [0.4, 0.5) is 5.82 Å². The second kappa shape index (κ2) is 5.46. The van der Waals surface area contributed by atoms with Crippen molar-refractivity contribution in [1.82, 2.24) is 19.7 Å². The van der Waals surface area contributed by atoms with Gasteiger partial charge in [0.25, 0.3) is 0 Å². The van der Waals surface area contributed by atoms with Gasteiger partial charge in [-0.2, -0.15) is 5.10 Å². The summed E-state index contributed by atoms with van der Waals surface area (Å²) in [5.74, 6) is 0.819. The number of halogens is 1. The number of aromatic nitrogens is 4. The minimum absolute atomic E-state index is 0.656. The zero-order valence-corrected chi connectivity index (χ0v) is 11.8. The standard InChI is InChI=1S/C14H14ClN5/c1-2-16-13-12-7-19-20(14(12)18-9-17-13)8-10-3-5-11(15)6-4-10/h3-7,9H,2,8H2,1H3,(H,16,17,18). The van der Waals surface area contributed by atoms with Crippen molar-refractivity contribution in [2.75, 3.05) is 11.9 Å². The molecule has 1 aromatic carbocycles. The van der Waals surface area contributed by atoms with Gasteiger partial charge in [0.05, 0.1) is 18.1 Å². The third-order valence-electron chi connectivity index (χ3n) is 3.02. The van der Waals surface area contributed by atoms with Gasteiger partial charge in [0, 0.05) is 11.6 Å². The highest BCUT2D eigenvalue weighted by molar-refractivity contribution is 6.30. The van der Waals surface area contributed by atoms with Gasteiger partial charge in [0.15, 0.2) is 5.65 Å². The number of benzene rings is 1. The van der Waals surface area contributed by atoms with Crippen LogP contribution < -0.4 is 5.32 Å². The first-order valence-electron chi connectivity index (χ1n) is 6.42. The van der Waals surface area contributed by atoms with Gasteiger partial charge in [-0.1, -0.05) is 23.7 Å². The Bertz CT molecular complexity index is 720. The molecule has 0 atom stereocenters. The van der Waals surface area contributed by atoms with Crippen LogP contribution in [0.15, 0.2) is 36.8 Å². The third-order valence-corrected chi connectivity index (χ3v) is 3.28. The van der Waals surface area contributed by atoms with E-state index in [4.69, 9.17) is 11.6 Å². The minimum Gasteiger partial charge on any atom is -0.370 e. The number of rotatable bonds is 4. The Labute approximate surface area is 121 Å². The molecule has 3 aromatic rings. The maximum atomic E-state index is 5.89. The van der Waals surface area contributed by atoms with Crippen molar-refractivity contribution in [3.63, 3.8) is 0 Å². The van der Waals surface area contributed by atoms with E-state index in [9.17, 15) is 0 Å². The first-order valence-corrected chi connectivity index (χ1v) is 6.80. The van der Waals surface area contributed by atoms with Crippen LogP contribution >= 0.6 is 11.6 Å². The van der Waals surface area contributed by atoms with E-state index in [-0.39, 0.29) is 0 Å². The first-order chi connectivity index (χ1) is 9.78. The van der Waals surface area contributed by atoms with E-state index in [0.717, 1.165) is 34.0 Å². The Morgan fingerprint density at radius 2 is 2.00 bits per heavy atom. The van der Waals surface area contributed by atoms with Crippen molar-refractivity contribution in [3.8, 4) is 0 Å². The quantitative estimate of drug-likeness (QED) is 0.801. The summed E-state index contributed by atoms with van der Waals surface area (Å²) in [6, 6.07) is 7.73. The van der Waals surface area contributed by atoms with Crippen molar-refractivity contribution >= 4 is 28.5 Å². The molecule has 6 heteroatoms. The number of hydrogen-bond acceptors (Lipinski definition) is 4. The molecule has 0 unspecified atom stereocenters. The largest absolute Gasteiger partial charge is 0.370 e.